The highest BCUT2D eigenvalue weighted by molar-refractivity contribution is 7.89. The van der Waals surface area contributed by atoms with Crippen molar-refractivity contribution >= 4 is 21.4 Å². The number of primary sulfonamides is 1. The van der Waals surface area contributed by atoms with Gasteiger partial charge in [0.2, 0.25) is 10.0 Å². The highest BCUT2D eigenvalue weighted by atomic mass is 32.2. The van der Waals surface area contributed by atoms with Gasteiger partial charge in [0.1, 0.15) is 0 Å². The van der Waals surface area contributed by atoms with Gasteiger partial charge in [-0.05, 0) is 37.0 Å². The minimum Gasteiger partial charge on any atom is -0.397 e. The van der Waals surface area contributed by atoms with Crippen molar-refractivity contribution in [2.75, 3.05) is 11.1 Å². The summed E-state index contributed by atoms with van der Waals surface area (Å²) in [5, 5.41) is 8.38. The number of nitrogens with two attached hydrogens (primary N) is 2. The van der Waals surface area contributed by atoms with E-state index in [1.807, 2.05) is 0 Å². The molecule has 1 aliphatic carbocycles. The van der Waals surface area contributed by atoms with Crippen LogP contribution in [0.4, 0.5) is 11.4 Å². The van der Waals surface area contributed by atoms with Gasteiger partial charge in [0, 0.05) is 6.04 Å². The lowest BCUT2D eigenvalue weighted by Crippen LogP contribution is -2.13. The molecule has 0 aliphatic heterocycles. The molecule has 0 aromatic heterocycles. The van der Waals surface area contributed by atoms with Crippen molar-refractivity contribution in [1.82, 2.24) is 0 Å². The van der Waals surface area contributed by atoms with Crippen molar-refractivity contribution in [3.63, 3.8) is 0 Å². The number of nitrogen functional groups attached to an aromatic ring is 1. The highest BCUT2D eigenvalue weighted by Crippen LogP contribution is 2.38. The fourth-order valence-electron chi connectivity index (χ4n) is 2.16. The highest BCUT2D eigenvalue weighted by Gasteiger charge is 2.36. The zero-order valence-electron chi connectivity index (χ0n) is 10.4. The van der Waals surface area contributed by atoms with Crippen LogP contribution in [-0.4, -0.2) is 14.5 Å². The minimum absolute atomic E-state index is 0.0476. The second kappa shape index (κ2) is 4.78. The fourth-order valence-corrected chi connectivity index (χ4v) is 2.71. The summed E-state index contributed by atoms with van der Waals surface area (Å²) < 4.78 is 22.3. The molecule has 0 saturated heterocycles. The molecule has 5 nitrogen and oxygen atoms in total. The van der Waals surface area contributed by atoms with E-state index in [0.29, 0.717) is 17.6 Å². The zero-order valence-corrected chi connectivity index (χ0v) is 11.2. The summed E-state index contributed by atoms with van der Waals surface area (Å²) in [5.74, 6) is 0.715. The maximum absolute atomic E-state index is 11.2. The van der Waals surface area contributed by atoms with Gasteiger partial charge >= 0.3 is 0 Å². The summed E-state index contributed by atoms with van der Waals surface area (Å²) in [7, 11) is -3.68. The second-order valence-electron chi connectivity index (χ2n) is 4.83. The van der Waals surface area contributed by atoms with E-state index < -0.39 is 10.0 Å². The van der Waals surface area contributed by atoms with Crippen LogP contribution in [0, 0.1) is 5.92 Å². The van der Waals surface area contributed by atoms with E-state index in [1.54, 1.807) is 6.07 Å². The standard InChI is InChI=1S/C12H19N3O2S/c1-2-3-8-6-12(8)15-11-5-4-9(7-10(11)13)18(14,16)17/h4-5,7-8,12,15H,2-3,6,13H2,1H3,(H2,14,16,17). The Hall–Kier alpha value is -1.27. The molecule has 0 bridgehead atoms. The van der Waals surface area contributed by atoms with Gasteiger partial charge in [-0.15, -0.1) is 0 Å². The molecule has 0 spiro atoms. The molecule has 1 aromatic carbocycles. The SMILES string of the molecule is CCCC1CC1Nc1ccc(S(N)(=O)=O)cc1N. The average Bonchev–Trinajstić information content (AvgIpc) is 2.99. The number of benzene rings is 1. The van der Waals surface area contributed by atoms with Gasteiger partial charge in [0.25, 0.3) is 0 Å². The summed E-state index contributed by atoms with van der Waals surface area (Å²) >= 11 is 0. The Morgan fingerprint density at radius 3 is 2.72 bits per heavy atom. The first-order chi connectivity index (χ1) is 8.41. The van der Waals surface area contributed by atoms with Crippen LogP contribution in [0.25, 0.3) is 0 Å². The monoisotopic (exact) mass is 269 g/mol. The number of hydrogen-bond acceptors (Lipinski definition) is 4. The molecule has 0 amide bonds. The van der Waals surface area contributed by atoms with E-state index >= 15 is 0 Å². The molecule has 2 unspecified atom stereocenters. The fraction of sp³-hybridized carbons (Fsp3) is 0.500. The molecule has 100 valence electrons. The van der Waals surface area contributed by atoms with Gasteiger partial charge in [0.15, 0.2) is 0 Å². The topological polar surface area (TPSA) is 98.2 Å². The molecule has 0 heterocycles. The van der Waals surface area contributed by atoms with Crippen LogP contribution < -0.4 is 16.2 Å². The summed E-state index contributed by atoms with van der Waals surface area (Å²) in [4.78, 5) is 0.0476. The molecule has 2 atom stereocenters. The van der Waals surface area contributed by atoms with E-state index in [1.165, 1.54) is 25.0 Å². The van der Waals surface area contributed by atoms with Crippen LogP contribution in [0.15, 0.2) is 23.1 Å². The minimum atomic E-state index is -3.68. The van der Waals surface area contributed by atoms with Crippen LogP contribution in [0.1, 0.15) is 26.2 Å². The van der Waals surface area contributed by atoms with Gasteiger partial charge in [-0.3, -0.25) is 0 Å². The first kappa shape index (κ1) is 13.2. The first-order valence-electron chi connectivity index (χ1n) is 6.10. The molecule has 1 fully saturated rings. The second-order valence-corrected chi connectivity index (χ2v) is 6.39. The largest absolute Gasteiger partial charge is 0.397 e. The van der Waals surface area contributed by atoms with Gasteiger partial charge in [-0.1, -0.05) is 13.3 Å². The molecule has 1 aromatic rings. The predicted octanol–water partition coefficient (Wildman–Crippen LogP) is 1.52. The smallest absolute Gasteiger partial charge is 0.238 e. The number of nitrogens with one attached hydrogen (secondary N) is 1. The maximum atomic E-state index is 11.2. The van der Waals surface area contributed by atoms with Crippen LogP contribution >= 0.6 is 0 Å². The molecular formula is C12H19N3O2S. The summed E-state index contributed by atoms with van der Waals surface area (Å²) in [6.45, 7) is 2.17. The van der Waals surface area contributed by atoms with Crippen LogP contribution in [0.5, 0.6) is 0 Å². The summed E-state index contributed by atoms with van der Waals surface area (Å²) in [5.41, 5.74) is 7.03. The molecular weight excluding hydrogens is 250 g/mol. The molecule has 5 N–H and O–H groups in total. The van der Waals surface area contributed by atoms with E-state index in [4.69, 9.17) is 10.9 Å². The normalized spacial score (nSPS) is 22.8. The predicted molar refractivity (Wildman–Crippen MR) is 72.7 cm³/mol. The van der Waals surface area contributed by atoms with Gasteiger partial charge in [-0.2, -0.15) is 0 Å². The van der Waals surface area contributed by atoms with Crippen LogP contribution in [0.3, 0.4) is 0 Å². The van der Waals surface area contributed by atoms with E-state index in [9.17, 15) is 8.42 Å². The van der Waals surface area contributed by atoms with Crippen LogP contribution in [0.2, 0.25) is 0 Å². The summed E-state index contributed by atoms with van der Waals surface area (Å²) in [6.07, 6.45) is 3.56. The molecule has 2 rings (SSSR count). The quantitative estimate of drug-likeness (QED) is 0.706. The lowest BCUT2D eigenvalue weighted by molar-refractivity contribution is 0.598. The lowest BCUT2D eigenvalue weighted by atomic mass is 10.2. The van der Waals surface area contributed by atoms with Gasteiger partial charge in [-0.25, -0.2) is 13.6 Å². The van der Waals surface area contributed by atoms with Crippen LogP contribution in [-0.2, 0) is 10.0 Å². The van der Waals surface area contributed by atoms with Crippen molar-refractivity contribution in [2.24, 2.45) is 11.1 Å². The molecule has 1 aliphatic rings. The number of rotatable bonds is 5. The molecule has 0 radical (unpaired) electrons. The number of hydrogen-bond donors (Lipinski definition) is 3. The Morgan fingerprint density at radius 2 is 2.17 bits per heavy atom. The molecule has 1 saturated carbocycles. The molecule has 18 heavy (non-hydrogen) atoms. The third kappa shape index (κ3) is 2.94. The average molecular weight is 269 g/mol. The van der Waals surface area contributed by atoms with Crippen molar-refractivity contribution in [3.8, 4) is 0 Å². The third-order valence-corrected chi connectivity index (χ3v) is 4.19. The first-order valence-corrected chi connectivity index (χ1v) is 7.65. The van der Waals surface area contributed by atoms with Crippen molar-refractivity contribution in [3.05, 3.63) is 18.2 Å². The zero-order chi connectivity index (χ0) is 13.3. The van der Waals surface area contributed by atoms with E-state index in [2.05, 4.69) is 12.2 Å². The molecule has 6 heteroatoms. The number of sulfonamides is 1. The van der Waals surface area contributed by atoms with Gasteiger partial charge in [0.05, 0.1) is 16.3 Å². The Balaban J connectivity index is 2.07. The third-order valence-electron chi connectivity index (χ3n) is 3.27. The van der Waals surface area contributed by atoms with E-state index in [0.717, 1.165) is 12.1 Å². The maximum Gasteiger partial charge on any atom is 0.238 e. The van der Waals surface area contributed by atoms with E-state index in [-0.39, 0.29) is 4.90 Å². The summed E-state index contributed by atoms with van der Waals surface area (Å²) in [6, 6.07) is 5.02. The Labute approximate surface area is 108 Å². The number of anilines is 2. The van der Waals surface area contributed by atoms with Gasteiger partial charge < -0.3 is 11.1 Å². The van der Waals surface area contributed by atoms with Crippen molar-refractivity contribution in [1.29, 1.82) is 0 Å². The Bertz CT molecular complexity index is 542. The Morgan fingerprint density at radius 1 is 1.44 bits per heavy atom. The Kier molecular flexibility index (Phi) is 3.49. The lowest BCUT2D eigenvalue weighted by Gasteiger charge is -2.10. The van der Waals surface area contributed by atoms with Crippen molar-refractivity contribution < 1.29 is 8.42 Å². The van der Waals surface area contributed by atoms with Crippen molar-refractivity contribution in [2.45, 2.75) is 37.1 Å².